The van der Waals surface area contributed by atoms with Crippen molar-refractivity contribution >= 4 is 11.0 Å². The zero-order valence-corrected chi connectivity index (χ0v) is 23.0. The fourth-order valence-corrected chi connectivity index (χ4v) is 4.89. The molecular formula is C29H31F6NO2S. The lowest BCUT2D eigenvalue weighted by Gasteiger charge is -2.32. The van der Waals surface area contributed by atoms with Crippen molar-refractivity contribution in [1.29, 1.82) is 0 Å². The zero-order valence-electron chi connectivity index (χ0n) is 22.2. The predicted molar refractivity (Wildman–Crippen MR) is 141 cm³/mol. The van der Waals surface area contributed by atoms with Crippen LogP contribution in [0.15, 0.2) is 66.7 Å². The Morgan fingerprint density at radius 2 is 1.49 bits per heavy atom. The number of halogens is 6. The summed E-state index contributed by atoms with van der Waals surface area (Å²) >= 11 is 0. The first kappa shape index (κ1) is 30.7. The van der Waals surface area contributed by atoms with Gasteiger partial charge < -0.3 is 4.74 Å². The van der Waals surface area contributed by atoms with Crippen molar-refractivity contribution < 1.29 is 35.3 Å². The van der Waals surface area contributed by atoms with E-state index in [1.54, 1.807) is 65.0 Å². The molecule has 1 N–H and O–H groups in total. The van der Waals surface area contributed by atoms with E-state index in [9.17, 15) is 26.2 Å². The van der Waals surface area contributed by atoms with E-state index in [1.165, 1.54) is 12.1 Å². The van der Waals surface area contributed by atoms with Gasteiger partial charge in [-0.1, -0.05) is 36.4 Å². The van der Waals surface area contributed by atoms with Crippen LogP contribution in [-0.4, -0.2) is 21.5 Å². The van der Waals surface area contributed by atoms with Gasteiger partial charge in [-0.3, -0.25) is 0 Å². The predicted octanol–water partition coefficient (Wildman–Crippen LogP) is 8.03. The van der Waals surface area contributed by atoms with E-state index in [-0.39, 0.29) is 23.0 Å². The van der Waals surface area contributed by atoms with Gasteiger partial charge in [0.2, 0.25) is 0 Å². The number of benzene rings is 3. The maximum absolute atomic E-state index is 15.2. The summed E-state index contributed by atoms with van der Waals surface area (Å²) < 4.78 is 106. The van der Waals surface area contributed by atoms with Crippen LogP contribution >= 0.6 is 0 Å². The molecule has 0 saturated carbocycles. The number of nitrogens with one attached hydrogen (secondary N) is 1. The summed E-state index contributed by atoms with van der Waals surface area (Å²) in [5.74, 6) is -7.74. The molecule has 212 valence electrons. The lowest BCUT2D eigenvalue weighted by molar-refractivity contribution is -0.135. The first-order chi connectivity index (χ1) is 18.1. The molecule has 3 unspecified atom stereocenters. The summed E-state index contributed by atoms with van der Waals surface area (Å²) in [6, 6.07) is 13.6. The van der Waals surface area contributed by atoms with Crippen LogP contribution in [0.4, 0.5) is 26.3 Å². The smallest absolute Gasteiger partial charge is 0.332 e. The van der Waals surface area contributed by atoms with Gasteiger partial charge in [-0.15, -0.1) is 0 Å². The fourth-order valence-electron chi connectivity index (χ4n) is 4.03. The molecule has 0 bridgehead atoms. The third-order valence-corrected chi connectivity index (χ3v) is 7.48. The van der Waals surface area contributed by atoms with E-state index >= 15 is 4.39 Å². The second-order valence-electron chi connectivity index (χ2n) is 10.4. The van der Waals surface area contributed by atoms with E-state index in [0.717, 1.165) is 18.2 Å². The minimum Gasteiger partial charge on any atom is -0.488 e. The van der Waals surface area contributed by atoms with Gasteiger partial charge in [0.15, 0.2) is 11.6 Å². The topological polar surface area (TPSA) is 38.3 Å². The van der Waals surface area contributed by atoms with Gasteiger partial charge in [-0.25, -0.2) is 26.5 Å². The molecule has 3 rings (SSSR count). The van der Waals surface area contributed by atoms with Crippen LogP contribution in [0.1, 0.15) is 68.8 Å². The van der Waals surface area contributed by atoms with Crippen molar-refractivity contribution in [1.82, 2.24) is 4.72 Å². The normalized spacial score (nSPS) is 14.9. The van der Waals surface area contributed by atoms with Gasteiger partial charge in [0.1, 0.15) is 5.82 Å². The van der Waals surface area contributed by atoms with Crippen LogP contribution in [0.5, 0.6) is 5.75 Å². The van der Waals surface area contributed by atoms with Gasteiger partial charge in [0, 0.05) is 11.5 Å². The first-order valence-electron chi connectivity index (χ1n) is 12.3. The van der Waals surface area contributed by atoms with E-state index in [2.05, 4.69) is 4.72 Å². The number of ether oxygens (including phenoxy) is 1. The Bertz CT molecular complexity index is 1290. The Morgan fingerprint density at radius 1 is 0.846 bits per heavy atom. The largest absolute Gasteiger partial charge is 0.488 e. The van der Waals surface area contributed by atoms with Gasteiger partial charge in [0.05, 0.1) is 27.9 Å². The zero-order chi connectivity index (χ0) is 29.1. The molecule has 0 heterocycles. The van der Waals surface area contributed by atoms with E-state index < -0.39 is 57.2 Å². The van der Waals surface area contributed by atoms with Crippen LogP contribution in [0.2, 0.25) is 0 Å². The molecule has 3 aromatic carbocycles. The third-order valence-electron chi connectivity index (χ3n) is 5.90. The highest BCUT2D eigenvalue weighted by molar-refractivity contribution is 7.84. The van der Waals surface area contributed by atoms with Gasteiger partial charge in [0.25, 0.3) is 0 Å². The standard InChI is InChI=1S/C29H31F6NO2S/c1-17(2)38-24-12-11-19(15-23(24)31)25(20-13-21(16-22(30)14-20)29(34,35)27(32)33)26(18-9-7-6-8-10-18)36-39(37)28(3,4)5/h6-17,25-27,36H,1-5H3. The molecule has 3 atom stereocenters. The highest BCUT2D eigenvalue weighted by Gasteiger charge is 2.44. The van der Waals surface area contributed by atoms with E-state index in [4.69, 9.17) is 4.74 Å². The van der Waals surface area contributed by atoms with Crippen LogP contribution in [0.25, 0.3) is 0 Å². The summed E-state index contributed by atoms with van der Waals surface area (Å²) in [6.45, 7) is 8.58. The van der Waals surface area contributed by atoms with Crippen molar-refractivity contribution in [2.45, 2.75) is 69.8 Å². The Morgan fingerprint density at radius 3 is 2.03 bits per heavy atom. The quantitative estimate of drug-likeness (QED) is 0.250. The molecular weight excluding hydrogens is 540 g/mol. The molecule has 0 radical (unpaired) electrons. The van der Waals surface area contributed by atoms with Crippen LogP contribution in [0.3, 0.4) is 0 Å². The average molecular weight is 572 g/mol. The van der Waals surface area contributed by atoms with Gasteiger partial charge >= 0.3 is 12.3 Å². The molecule has 0 fully saturated rings. The maximum atomic E-state index is 15.2. The lowest BCUT2D eigenvalue weighted by Crippen LogP contribution is -2.38. The van der Waals surface area contributed by atoms with E-state index in [0.29, 0.717) is 11.6 Å². The Labute approximate surface area is 227 Å². The molecule has 3 nitrogen and oxygen atoms in total. The number of hydrogen-bond donors (Lipinski definition) is 1. The Hall–Kier alpha value is -2.85. The monoisotopic (exact) mass is 571 g/mol. The van der Waals surface area contributed by atoms with Crippen LogP contribution in [-0.2, 0) is 16.9 Å². The number of hydrogen-bond acceptors (Lipinski definition) is 2. The Kier molecular flexibility index (Phi) is 9.54. The average Bonchev–Trinajstić information content (AvgIpc) is 2.84. The Balaban J connectivity index is 2.30. The highest BCUT2D eigenvalue weighted by Crippen LogP contribution is 2.42. The van der Waals surface area contributed by atoms with E-state index in [1.807, 2.05) is 0 Å². The van der Waals surface area contributed by atoms with Crippen LogP contribution < -0.4 is 9.46 Å². The fraction of sp³-hybridized carbons (Fsp3) is 0.379. The molecule has 10 heteroatoms. The third kappa shape index (κ3) is 7.42. The molecule has 0 spiro atoms. The maximum Gasteiger partial charge on any atom is 0.332 e. The molecule has 39 heavy (non-hydrogen) atoms. The molecule has 3 aromatic rings. The molecule has 0 amide bonds. The molecule has 0 aliphatic rings. The molecule has 0 aliphatic heterocycles. The second kappa shape index (κ2) is 12.1. The van der Waals surface area contributed by atoms with Gasteiger partial charge in [-0.2, -0.15) is 8.78 Å². The second-order valence-corrected chi connectivity index (χ2v) is 12.4. The van der Waals surface area contributed by atoms with Crippen molar-refractivity contribution in [2.24, 2.45) is 0 Å². The van der Waals surface area contributed by atoms with Crippen LogP contribution in [0, 0.1) is 11.6 Å². The minimum atomic E-state index is -4.63. The van der Waals surface area contributed by atoms with Crippen molar-refractivity contribution in [3.05, 3.63) is 101 Å². The summed E-state index contributed by atoms with van der Waals surface area (Å²) in [5, 5.41) is 0. The highest BCUT2D eigenvalue weighted by atomic mass is 32.2. The summed E-state index contributed by atoms with van der Waals surface area (Å²) in [7, 11) is -1.72. The summed E-state index contributed by atoms with van der Waals surface area (Å²) in [5.41, 5.74) is -0.613. The number of rotatable bonds is 10. The summed E-state index contributed by atoms with van der Waals surface area (Å²) in [6.07, 6.45) is -4.41. The van der Waals surface area contributed by atoms with Crippen molar-refractivity contribution in [3.8, 4) is 5.75 Å². The molecule has 0 aromatic heterocycles. The molecule has 0 saturated heterocycles. The molecule has 0 aliphatic carbocycles. The van der Waals surface area contributed by atoms with Crippen molar-refractivity contribution in [3.63, 3.8) is 0 Å². The lowest BCUT2D eigenvalue weighted by atomic mass is 9.81. The van der Waals surface area contributed by atoms with Crippen molar-refractivity contribution in [2.75, 3.05) is 0 Å². The number of alkyl halides is 4. The minimum absolute atomic E-state index is 0.0563. The summed E-state index contributed by atoms with van der Waals surface area (Å²) in [4.78, 5) is 0. The van der Waals surface area contributed by atoms with Gasteiger partial charge in [-0.05, 0) is 81.6 Å². The first-order valence-corrected chi connectivity index (χ1v) is 13.4. The SMILES string of the molecule is CC(C)Oc1ccc(C(c2cc(F)cc(C(F)(F)C(F)F)c2)C(NS(=O)C(C)(C)C)c2ccccc2)cc1F.